The van der Waals surface area contributed by atoms with Crippen LogP contribution < -0.4 is 15.5 Å². The van der Waals surface area contributed by atoms with E-state index in [0.29, 0.717) is 5.82 Å². The molecule has 1 heterocycles. The van der Waals surface area contributed by atoms with Crippen LogP contribution in [-0.4, -0.2) is 44.3 Å². The molecule has 4 rings (SSSR count). The molecule has 0 atom stereocenters. The second-order valence-electron chi connectivity index (χ2n) is 9.24. The van der Waals surface area contributed by atoms with E-state index in [9.17, 15) is 0 Å². The summed E-state index contributed by atoms with van der Waals surface area (Å²) >= 11 is 0. The molecule has 3 aromatic carbocycles. The molecular formula is C33H43N5. The van der Waals surface area contributed by atoms with E-state index >= 15 is 0 Å². The number of para-hydroxylation sites is 1. The molecule has 0 aliphatic carbocycles. The van der Waals surface area contributed by atoms with Gasteiger partial charge in [-0.25, -0.2) is 4.99 Å². The zero-order chi connectivity index (χ0) is 27.2. The van der Waals surface area contributed by atoms with Crippen molar-refractivity contribution in [2.45, 2.75) is 33.7 Å². The van der Waals surface area contributed by atoms with E-state index in [1.54, 1.807) is 0 Å². The first-order valence-corrected chi connectivity index (χ1v) is 13.6. The maximum Gasteiger partial charge on any atom is 0.122 e. The summed E-state index contributed by atoms with van der Waals surface area (Å²) in [5, 5.41) is 6.54. The van der Waals surface area contributed by atoms with E-state index in [0.717, 1.165) is 50.5 Å². The third-order valence-electron chi connectivity index (χ3n) is 6.49. The Bertz CT molecular complexity index is 1170. The van der Waals surface area contributed by atoms with Crippen LogP contribution in [0.25, 0.3) is 0 Å². The molecule has 0 bridgehead atoms. The number of nitrogens with zero attached hydrogens (tertiary/aromatic N) is 3. The average molecular weight is 510 g/mol. The van der Waals surface area contributed by atoms with Crippen molar-refractivity contribution in [2.75, 3.05) is 48.8 Å². The molecule has 200 valence electrons. The molecule has 0 aromatic heterocycles. The fourth-order valence-electron chi connectivity index (χ4n) is 4.49. The van der Waals surface area contributed by atoms with Crippen molar-refractivity contribution in [3.05, 3.63) is 114 Å². The summed E-state index contributed by atoms with van der Waals surface area (Å²) in [4.78, 5) is 9.44. The van der Waals surface area contributed by atoms with Crippen LogP contribution >= 0.6 is 0 Å². The molecule has 0 radical (unpaired) electrons. The SMILES string of the molecule is C=C(/N=C\C=C(/C)Cc1ccccc1NC)Nc1ccc(N2CCN(Cc3ccccc3)CC2)cc1.CC. The number of aliphatic imine (C=N–C) groups is 1. The summed E-state index contributed by atoms with van der Waals surface area (Å²) < 4.78 is 0. The zero-order valence-corrected chi connectivity index (χ0v) is 23.5. The lowest BCUT2D eigenvalue weighted by molar-refractivity contribution is 0.250. The van der Waals surface area contributed by atoms with Crippen LogP contribution in [0.3, 0.4) is 0 Å². The Morgan fingerprint density at radius 3 is 2.24 bits per heavy atom. The zero-order valence-electron chi connectivity index (χ0n) is 23.5. The maximum absolute atomic E-state index is 4.46. The first-order chi connectivity index (χ1) is 18.6. The van der Waals surface area contributed by atoms with Crippen LogP contribution in [-0.2, 0) is 13.0 Å². The standard InChI is InChI=1S/C31H37N5.C2H6/c1-25(23-28-11-7-8-12-31(28)32-3)17-18-33-26(2)34-29-13-15-30(16-14-29)36-21-19-35(20-22-36)24-27-9-5-4-6-10-27;1-2/h4-18,32,34H,2,19-24H2,1,3H3;1-2H3/b25-17+,33-18-;. The molecule has 3 aromatic rings. The van der Waals surface area contributed by atoms with Gasteiger partial charge in [0.25, 0.3) is 0 Å². The topological polar surface area (TPSA) is 42.9 Å². The van der Waals surface area contributed by atoms with Crippen molar-refractivity contribution >= 4 is 23.3 Å². The molecule has 1 fully saturated rings. The number of rotatable bonds is 10. The van der Waals surface area contributed by atoms with E-state index in [1.807, 2.05) is 39.3 Å². The average Bonchev–Trinajstić information content (AvgIpc) is 2.96. The van der Waals surface area contributed by atoms with Gasteiger partial charge < -0.3 is 15.5 Å². The maximum atomic E-state index is 4.46. The normalized spacial score (nSPS) is 14.1. The third-order valence-corrected chi connectivity index (χ3v) is 6.49. The lowest BCUT2D eigenvalue weighted by Crippen LogP contribution is -2.45. The first kappa shape index (κ1) is 28.7. The number of benzene rings is 3. The Kier molecular flexibility index (Phi) is 11.7. The van der Waals surface area contributed by atoms with Crippen LogP contribution in [0, 0.1) is 0 Å². The van der Waals surface area contributed by atoms with E-state index in [1.165, 1.54) is 22.4 Å². The fourth-order valence-corrected chi connectivity index (χ4v) is 4.49. The molecule has 5 nitrogen and oxygen atoms in total. The highest BCUT2D eigenvalue weighted by atomic mass is 15.3. The molecule has 0 unspecified atom stereocenters. The molecule has 2 N–H and O–H groups in total. The van der Waals surface area contributed by atoms with Gasteiger partial charge in [0.05, 0.1) is 0 Å². The fraction of sp³-hybridized carbons (Fsp3) is 0.303. The predicted octanol–water partition coefficient (Wildman–Crippen LogP) is 7.22. The van der Waals surface area contributed by atoms with Crippen LogP contribution in [0.15, 0.2) is 108 Å². The number of piperazine rings is 1. The van der Waals surface area contributed by atoms with Crippen LogP contribution in [0.5, 0.6) is 0 Å². The minimum Gasteiger partial charge on any atom is -0.388 e. The third kappa shape index (κ3) is 8.93. The molecule has 0 saturated carbocycles. The number of hydrogen-bond donors (Lipinski definition) is 2. The Balaban J connectivity index is 0.00000195. The van der Waals surface area contributed by atoms with Gasteiger partial charge in [-0.3, -0.25) is 4.90 Å². The Labute approximate surface area is 229 Å². The summed E-state index contributed by atoms with van der Waals surface area (Å²) in [6.45, 7) is 15.4. The minimum atomic E-state index is 0.622. The van der Waals surface area contributed by atoms with Crippen molar-refractivity contribution in [3.63, 3.8) is 0 Å². The second-order valence-corrected chi connectivity index (χ2v) is 9.24. The van der Waals surface area contributed by atoms with E-state index in [2.05, 4.69) is 112 Å². The van der Waals surface area contributed by atoms with Crippen molar-refractivity contribution in [3.8, 4) is 0 Å². The molecule has 1 saturated heterocycles. The predicted molar refractivity (Wildman–Crippen MR) is 166 cm³/mol. The van der Waals surface area contributed by atoms with Gasteiger partial charge in [-0.1, -0.05) is 74.5 Å². The van der Waals surface area contributed by atoms with Crippen molar-refractivity contribution in [1.29, 1.82) is 0 Å². The van der Waals surface area contributed by atoms with Gasteiger partial charge >= 0.3 is 0 Å². The Morgan fingerprint density at radius 1 is 0.895 bits per heavy atom. The van der Waals surface area contributed by atoms with E-state index in [-0.39, 0.29) is 0 Å². The number of nitrogens with one attached hydrogen (secondary N) is 2. The monoisotopic (exact) mass is 509 g/mol. The van der Waals surface area contributed by atoms with Crippen molar-refractivity contribution in [2.24, 2.45) is 4.99 Å². The van der Waals surface area contributed by atoms with Crippen molar-refractivity contribution < 1.29 is 0 Å². The van der Waals surface area contributed by atoms with Gasteiger partial charge in [0, 0.05) is 63.0 Å². The molecule has 38 heavy (non-hydrogen) atoms. The highest BCUT2D eigenvalue weighted by Gasteiger charge is 2.17. The highest BCUT2D eigenvalue weighted by Crippen LogP contribution is 2.21. The largest absolute Gasteiger partial charge is 0.388 e. The summed E-state index contributed by atoms with van der Waals surface area (Å²) in [7, 11) is 1.95. The van der Waals surface area contributed by atoms with Crippen LogP contribution in [0.2, 0.25) is 0 Å². The molecule has 1 aliphatic heterocycles. The van der Waals surface area contributed by atoms with Crippen LogP contribution in [0.1, 0.15) is 31.9 Å². The summed E-state index contributed by atoms with van der Waals surface area (Å²) in [5.41, 5.74) is 7.31. The van der Waals surface area contributed by atoms with Gasteiger partial charge in [0.1, 0.15) is 5.82 Å². The van der Waals surface area contributed by atoms with E-state index < -0.39 is 0 Å². The van der Waals surface area contributed by atoms with Crippen LogP contribution in [0.4, 0.5) is 17.1 Å². The Morgan fingerprint density at radius 2 is 1.55 bits per heavy atom. The summed E-state index contributed by atoms with van der Waals surface area (Å²) in [6, 6.07) is 27.6. The molecule has 1 aliphatic rings. The molecular weight excluding hydrogens is 466 g/mol. The summed E-state index contributed by atoms with van der Waals surface area (Å²) in [6.07, 6.45) is 4.74. The van der Waals surface area contributed by atoms with Gasteiger partial charge in [0.15, 0.2) is 0 Å². The number of allylic oxidation sites excluding steroid dienone is 2. The Hall–Kier alpha value is -3.83. The van der Waals surface area contributed by atoms with Gasteiger partial charge in [0.2, 0.25) is 0 Å². The quantitative estimate of drug-likeness (QED) is 0.283. The molecule has 0 spiro atoms. The van der Waals surface area contributed by atoms with E-state index in [4.69, 9.17) is 0 Å². The highest BCUT2D eigenvalue weighted by molar-refractivity contribution is 5.74. The summed E-state index contributed by atoms with van der Waals surface area (Å²) in [5.74, 6) is 0.622. The van der Waals surface area contributed by atoms with Gasteiger partial charge in [-0.2, -0.15) is 0 Å². The number of anilines is 3. The smallest absolute Gasteiger partial charge is 0.122 e. The lowest BCUT2D eigenvalue weighted by atomic mass is 10.0. The first-order valence-electron chi connectivity index (χ1n) is 13.6. The van der Waals surface area contributed by atoms with Gasteiger partial charge in [-0.05, 0) is 60.9 Å². The van der Waals surface area contributed by atoms with Gasteiger partial charge in [-0.15, -0.1) is 0 Å². The van der Waals surface area contributed by atoms with Crippen molar-refractivity contribution in [1.82, 2.24) is 4.90 Å². The number of hydrogen-bond acceptors (Lipinski definition) is 5. The second kappa shape index (κ2) is 15.4. The minimum absolute atomic E-state index is 0.622. The molecule has 5 heteroatoms. The molecule has 0 amide bonds. The lowest BCUT2D eigenvalue weighted by Gasteiger charge is -2.36.